The van der Waals surface area contributed by atoms with Gasteiger partial charge in [0.1, 0.15) is 16.7 Å². The first-order valence-electron chi connectivity index (χ1n) is 12.7. The van der Waals surface area contributed by atoms with Crippen molar-refractivity contribution in [2.24, 2.45) is 5.10 Å². The maximum Gasteiger partial charge on any atom is 0.282 e. The predicted molar refractivity (Wildman–Crippen MR) is 166 cm³/mol. The Hall–Kier alpha value is -3.28. The van der Waals surface area contributed by atoms with Gasteiger partial charge in [0.25, 0.3) is 11.5 Å². The van der Waals surface area contributed by atoms with E-state index in [-0.39, 0.29) is 40.3 Å². The van der Waals surface area contributed by atoms with Crippen LogP contribution >= 0.6 is 43.5 Å². The minimum atomic E-state index is -0.581. The number of aromatic nitrogens is 2. The lowest BCUT2D eigenvalue weighted by Gasteiger charge is -2.16. The normalized spacial score (nSPS) is 12.1. The van der Waals surface area contributed by atoms with E-state index in [1.165, 1.54) is 29.1 Å². The van der Waals surface area contributed by atoms with Gasteiger partial charge in [-0.25, -0.2) is 9.37 Å². The number of amides is 1. The fourth-order valence-electron chi connectivity index (χ4n) is 3.88. The van der Waals surface area contributed by atoms with Crippen LogP contribution in [0.15, 0.2) is 67.4 Å². The van der Waals surface area contributed by atoms with Crippen LogP contribution in [0.4, 0.5) is 10.1 Å². The molecule has 1 atom stereocenters. The standard InChI is InChI=1S/C29H26Br2ClFN4O4/c1-4-16(3)28-36-21-11-10-18(30)13-19(21)29(39)37(28)34-14-17-12-23(40-5-2)27(26(32)25(17)31)41-15-24(38)35-22-9-7-6-8-20(22)33/h6-14,16H,4-5,15H2,1-3H3,(H,35,38)/t16-/m0/s1. The molecule has 0 spiro atoms. The van der Waals surface area contributed by atoms with Gasteiger partial charge in [0, 0.05) is 20.4 Å². The van der Waals surface area contributed by atoms with Gasteiger partial charge in [-0.1, -0.05) is 53.5 Å². The number of carbonyl (C=O) groups excluding carboxylic acids is 1. The highest BCUT2D eigenvalue weighted by atomic mass is 79.9. The molecule has 1 heterocycles. The molecule has 1 amide bonds. The van der Waals surface area contributed by atoms with Crippen molar-refractivity contribution in [3.63, 3.8) is 0 Å². The minimum Gasteiger partial charge on any atom is -0.490 e. The molecule has 0 aliphatic heterocycles. The van der Waals surface area contributed by atoms with Gasteiger partial charge < -0.3 is 14.8 Å². The summed E-state index contributed by atoms with van der Waals surface area (Å²) < 4.78 is 27.8. The number of ether oxygens (including phenoxy) is 2. The van der Waals surface area contributed by atoms with Gasteiger partial charge in [-0.2, -0.15) is 9.78 Å². The molecular formula is C29H26Br2ClFN4O4. The molecule has 214 valence electrons. The SMILES string of the molecule is CCOc1cc(C=Nn2c([C@@H](C)CC)nc3ccc(Br)cc3c2=O)c(Br)c(Cl)c1OCC(=O)Nc1ccccc1F. The Labute approximate surface area is 257 Å². The quantitative estimate of drug-likeness (QED) is 0.172. The molecule has 0 aliphatic rings. The summed E-state index contributed by atoms with van der Waals surface area (Å²) in [7, 11) is 0. The summed E-state index contributed by atoms with van der Waals surface area (Å²) in [5.74, 6) is -0.276. The maximum absolute atomic E-state index is 13.9. The van der Waals surface area contributed by atoms with Crippen molar-refractivity contribution in [3.05, 3.63) is 90.1 Å². The highest BCUT2D eigenvalue weighted by Gasteiger charge is 2.20. The zero-order chi connectivity index (χ0) is 29.7. The van der Waals surface area contributed by atoms with E-state index >= 15 is 0 Å². The van der Waals surface area contributed by atoms with Crippen molar-refractivity contribution >= 4 is 72.2 Å². The molecule has 41 heavy (non-hydrogen) atoms. The van der Waals surface area contributed by atoms with Crippen molar-refractivity contribution in [2.75, 3.05) is 18.5 Å². The van der Waals surface area contributed by atoms with Crippen molar-refractivity contribution in [3.8, 4) is 11.5 Å². The minimum absolute atomic E-state index is 0.0347. The number of hydrogen-bond donors (Lipinski definition) is 1. The fraction of sp³-hybridized carbons (Fsp3) is 0.241. The molecule has 0 saturated carbocycles. The van der Waals surface area contributed by atoms with E-state index in [4.69, 9.17) is 26.1 Å². The average Bonchev–Trinajstić information content (AvgIpc) is 2.95. The average molecular weight is 709 g/mol. The number of anilines is 1. The maximum atomic E-state index is 13.9. The number of nitrogens with zero attached hydrogens (tertiary/aromatic N) is 3. The molecule has 1 N–H and O–H groups in total. The number of benzene rings is 3. The second kappa shape index (κ2) is 13.6. The third-order valence-electron chi connectivity index (χ3n) is 6.15. The summed E-state index contributed by atoms with van der Waals surface area (Å²) >= 11 is 13.5. The Morgan fingerprint density at radius 2 is 1.95 bits per heavy atom. The zero-order valence-corrected chi connectivity index (χ0v) is 26.3. The van der Waals surface area contributed by atoms with Crippen LogP contribution in [0.25, 0.3) is 10.9 Å². The number of carbonyl (C=O) groups is 1. The second-order valence-corrected chi connectivity index (χ2v) is 11.1. The monoisotopic (exact) mass is 706 g/mol. The number of hydrogen-bond acceptors (Lipinski definition) is 6. The van der Waals surface area contributed by atoms with Gasteiger partial charge in [0.2, 0.25) is 0 Å². The van der Waals surface area contributed by atoms with Crippen LogP contribution in [0.3, 0.4) is 0 Å². The Balaban J connectivity index is 1.68. The third-order valence-corrected chi connectivity index (χ3v) is 8.09. The van der Waals surface area contributed by atoms with E-state index < -0.39 is 18.3 Å². The summed E-state index contributed by atoms with van der Waals surface area (Å²) in [6, 6.07) is 12.8. The van der Waals surface area contributed by atoms with E-state index in [1.54, 1.807) is 31.2 Å². The second-order valence-electron chi connectivity index (χ2n) is 8.97. The number of fused-ring (bicyclic) bond motifs is 1. The van der Waals surface area contributed by atoms with Crippen LogP contribution in [-0.2, 0) is 4.79 Å². The van der Waals surface area contributed by atoms with E-state index in [0.29, 0.717) is 26.8 Å². The van der Waals surface area contributed by atoms with Crippen LogP contribution in [-0.4, -0.2) is 35.0 Å². The van der Waals surface area contributed by atoms with Crippen molar-refractivity contribution < 1.29 is 18.7 Å². The number of halogens is 4. The topological polar surface area (TPSA) is 94.8 Å². The zero-order valence-electron chi connectivity index (χ0n) is 22.4. The summed E-state index contributed by atoms with van der Waals surface area (Å²) in [6.07, 6.45) is 2.23. The van der Waals surface area contributed by atoms with E-state index in [1.807, 2.05) is 19.9 Å². The Bertz CT molecular complexity index is 1700. The molecule has 0 radical (unpaired) electrons. The van der Waals surface area contributed by atoms with Gasteiger partial charge >= 0.3 is 0 Å². The Kier molecular flexibility index (Phi) is 10.2. The van der Waals surface area contributed by atoms with Crippen LogP contribution in [0.1, 0.15) is 44.5 Å². The number of para-hydroxylation sites is 1. The molecule has 0 aliphatic carbocycles. The molecular weight excluding hydrogens is 683 g/mol. The molecule has 1 aromatic heterocycles. The van der Waals surface area contributed by atoms with Gasteiger partial charge in [0.15, 0.2) is 18.1 Å². The smallest absolute Gasteiger partial charge is 0.282 e. The predicted octanol–water partition coefficient (Wildman–Crippen LogP) is 7.53. The van der Waals surface area contributed by atoms with Gasteiger partial charge in [-0.15, -0.1) is 0 Å². The summed E-state index contributed by atoms with van der Waals surface area (Å²) in [6.45, 7) is 5.62. The molecule has 0 bridgehead atoms. The van der Waals surface area contributed by atoms with Gasteiger partial charge in [-0.3, -0.25) is 9.59 Å². The lowest BCUT2D eigenvalue weighted by Crippen LogP contribution is -2.23. The van der Waals surface area contributed by atoms with Crippen molar-refractivity contribution in [1.29, 1.82) is 0 Å². The highest BCUT2D eigenvalue weighted by Crippen LogP contribution is 2.42. The summed E-state index contributed by atoms with van der Waals surface area (Å²) in [5, 5.41) is 7.52. The van der Waals surface area contributed by atoms with Crippen LogP contribution in [0.5, 0.6) is 11.5 Å². The first-order chi connectivity index (χ1) is 19.6. The largest absolute Gasteiger partial charge is 0.490 e. The van der Waals surface area contributed by atoms with Crippen LogP contribution in [0.2, 0.25) is 5.02 Å². The lowest BCUT2D eigenvalue weighted by molar-refractivity contribution is -0.118. The first kappa shape index (κ1) is 30.7. The van der Waals surface area contributed by atoms with Crippen LogP contribution in [0, 0.1) is 5.82 Å². The molecule has 4 aromatic rings. The van der Waals surface area contributed by atoms with Crippen LogP contribution < -0.4 is 20.3 Å². The molecule has 12 heteroatoms. The van der Waals surface area contributed by atoms with E-state index in [2.05, 4.69) is 42.3 Å². The molecule has 0 unspecified atom stereocenters. The van der Waals surface area contributed by atoms with Gasteiger partial charge in [0.05, 0.1) is 29.4 Å². The van der Waals surface area contributed by atoms with Crippen molar-refractivity contribution in [1.82, 2.24) is 9.66 Å². The Morgan fingerprint density at radius 3 is 2.66 bits per heavy atom. The molecule has 4 rings (SSSR count). The fourth-order valence-corrected chi connectivity index (χ4v) is 4.90. The lowest BCUT2D eigenvalue weighted by atomic mass is 10.1. The number of rotatable bonds is 10. The van der Waals surface area contributed by atoms with E-state index in [0.717, 1.165) is 10.9 Å². The summed E-state index contributed by atoms with van der Waals surface area (Å²) in [4.78, 5) is 30.6. The Morgan fingerprint density at radius 1 is 1.20 bits per heavy atom. The number of nitrogens with one attached hydrogen (secondary N) is 1. The molecule has 8 nitrogen and oxygen atoms in total. The van der Waals surface area contributed by atoms with Crippen molar-refractivity contribution in [2.45, 2.75) is 33.1 Å². The first-order valence-corrected chi connectivity index (χ1v) is 14.7. The molecule has 3 aromatic carbocycles. The molecule has 0 saturated heterocycles. The molecule has 0 fully saturated rings. The summed E-state index contributed by atoms with van der Waals surface area (Å²) in [5.41, 5.74) is 0.810. The third kappa shape index (κ3) is 6.97. The highest BCUT2D eigenvalue weighted by molar-refractivity contribution is 9.10. The van der Waals surface area contributed by atoms with E-state index in [9.17, 15) is 14.0 Å². The van der Waals surface area contributed by atoms with Gasteiger partial charge in [-0.05, 0) is 65.7 Å².